The fraction of sp³-hybridized carbons (Fsp3) is 0.310. The van der Waals surface area contributed by atoms with Crippen LogP contribution in [0.25, 0.3) is 0 Å². The summed E-state index contributed by atoms with van der Waals surface area (Å²) in [5.74, 6) is -15.8. The molecule has 0 unspecified atom stereocenters. The lowest BCUT2D eigenvalue weighted by Gasteiger charge is -2.32. The van der Waals surface area contributed by atoms with Gasteiger partial charge in [0.05, 0.1) is 0 Å². The first-order valence-electron chi connectivity index (χ1n) is 12.8. The van der Waals surface area contributed by atoms with Crippen LogP contribution in [0.15, 0.2) is 48.5 Å². The number of hydrogen-bond acceptors (Lipinski definition) is 4. The highest BCUT2D eigenvalue weighted by atomic mass is 19.2. The topological polar surface area (TPSA) is 87.1 Å². The van der Waals surface area contributed by atoms with Crippen LogP contribution in [0.1, 0.15) is 42.7 Å². The Balaban J connectivity index is 0.000000730. The summed E-state index contributed by atoms with van der Waals surface area (Å²) in [5.41, 5.74) is 1.83. The van der Waals surface area contributed by atoms with Crippen LogP contribution in [-0.2, 0) is 9.59 Å². The van der Waals surface area contributed by atoms with E-state index in [0.29, 0.717) is 32.5 Å². The molecule has 0 amide bonds. The number of carboxylic acid groups (broad SMARTS) is 2. The van der Waals surface area contributed by atoms with Gasteiger partial charge in [0.2, 0.25) is 29.1 Å². The molecule has 0 saturated carbocycles. The molecule has 0 atom stereocenters. The highest BCUT2D eigenvalue weighted by Crippen LogP contribution is 2.32. The van der Waals surface area contributed by atoms with Crippen LogP contribution >= 0.6 is 0 Å². The van der Waals surface area contributed by atoms with Gasteiger partial charge in [0.15, 0.2) is 5.75 Å². The fourth-order valence-electron chi connectivity index (χ4n) is 4.54. The third-order valence-electron chi connectivity index (χ3n) is 6.68. The van der Waals surface area contributed by atoms with E-state index in [0.717, 1.165) is 24.0 Å². The maximum atomic E-state index is 13.9. The molecule has 1 aliphatic heterocycles. The molecule has 13 heteroatoms. The zero-order valence-corrected chi connectivity index (χ0v) is 21.9. The minimum atomic E-state index is -2.22. The Morgan fingerprint density at radius 3 is 1.52 bits per heavy atom. The van der Waals surface area contributed by atoms with E-state index in [1.54, 1.807) is 24.3 Å². The fourth-order valence-corrected chi connectivity index (χ4v) is 4.54. The number of carbonyl (C=O) groups is 2. The van der Waals surface area contributed by atoms with E-state index in [4.69, 9.17) is 24.5 Å². The minimum Gasteiger partial charge on any atom is -0.484 e. The van der Waals surface area contributed by atoms with Crippen molar-refractivity contribution >= 4 is 11.9 Å². The first-order chi connectivity index (χ1) is 19.9. The molecule has 0 aliphatic carbocycles. The number of likely N-dealkylation sites (tertiary alicyclic amines) is 1. The SMILES string of the molecule is Fc1ccc(C(CCCN2CCC(Oc3c(F)c(F)c(F)c(F)c3F)CC2)c2ccc(F)cc2)cc1.O=C(O)C(=O)O. The Kier molecular flexibility index (Phi) is 11.3. The molecule has 226 valence electrons. The first kappa shape index (κ1) is 32.4. The number of benzene rings is 3. The van der Waals surface area contributed by atoms with Gasteiger partial charge in [-0.1, -0.05) is 24.3 Å². The predicted octanol–water partition coefficient (Wildman–Crippen LogP) is 6.27. The van der Waals surface area contributed by atoms with E-state index in [2.05, 4.69) is 4.90 Å². The van der Waals surface area contributed by atoms with Crippen molar-refractivity contribution in [1.29, 1.82) is 0 Å². The van der Waals surface area contributed by atoms with E-state index in [9.17, 15) is 30.7 Å². The van der Waals surface area contributed by atoms with Gasteiger partial charge in [-0.15, -0.1) is 0 Å². The summed E-state index contributed by atoms with van der Waals surface area (Å²) in [4.78, 5) is 20.3. The molecule has 1 heterocycles. The largest absolute Gasteiger partial charge is 0.484 e. The quantitative estimate of drug-likeness (QED) is 0.137. The summed E-state index contributed by atoms with van der Waals surface area (Å²) in [5, 5.41) is 14.8. The molecule has 3 aromatic carbocycles. The number of hydrogen-bond donors (Lipinski definition) is 2. The van der Waals surface area contributed by atoms with E-state index < -0.39 is 52.9 Å². The lowest BCUT2D eigenvalue weighted by molar-refractivity contribution is -0.159. The monoisotopic (exact) mass is 601 g/mol. The molecule has 0 aromatic heterocycles. The Morgan fingerprint density at radius 2 is 1.12 bits per heavy atom. The lowest BCUT2D eigenvalue weighted by Crippen LogP contribution is -2.39. The molecule has 42 heavy (non-hydrogen) atoms. The van der Waals surface area contributed by atoms with E-state index in [1.807, 2.05) is 0 Å². The van der Waals surface area contributed by atoms with Crippen LogP contribution in [0.4, 0.5) is 30.7 Å². The van der Waals surface area contributed by atoms with Crippen molar-refractivity contribution in [3.63, 3.8) is 0 Å². The summed E-state index contributed by atoms with van der Waals surface area (Å²) in [6.45, 7) is 1.75. The second-order valence-corrected chi connectivity index (χ2v) is 9.47. The van der Waals surface area contributed by atoms with Crippen LogP contribution in [0.3, 0.4) is 0 Å². The van der Waals surface area contributed by atoms with Gasteiger partial charge in [0.1, 0.15) is 17.7 Å². The summed E-state index contributed by atoms with van der Waals surface area (Å²) < 4.78 is 99.9. The number of nitrogens with zero attached hydrogens (tertiary/aromatic N) is 1. The van der Waals surface area contributed by atoms with Crippen molar-refractivity contribution in [2.45, 2.75) is 37.7 Å². The molecule has 2 N–H and O–H groups in total. The summed E-state index contributed by atoms with van der Waals surface area (Å²) >= 11 is 0. The number of piperidine rings is 1. The van der Waals surface area contributed by atoms with Gasteiger partial charge >= 0.3 is 11.9 Å². The molecular formula is C29H26F7NO5. The highest BCUT2D eigenvalue weighted by Gasteiger charge is 2.30. The third kappa shape index (κ3) is 8.44. The Morgan fingerprint density at radius 1 is 0.714 bits per heavy atom. The molecule has 6 nitrogen and oxygen atoms in total. The number of carboxylic acids is 2. The van der Waals surface area contributed by atoms with Gasteiger partial charge in [0, 0.05) is 19.0 Å². The van der Waals surface area contributed by atoms with Gasteiger partial charge in [-0.3, -0.25) is 0 Å². The van der Waals surface area contributed by atoms with E-state index >= 15 is 0 Å². The number of aliphatic carboxylic acids is 2. The smallest absolute Gasteiger partial charge is 0.414 e. The summed E-state index contributed by atoms with van der Waals surface area (Å²) in [6.07, 6.45) is 1.53. The lowest BCUT2D eigenvalue weighted by atomic mass is 9.87. The maximum Gasteiger partial charge on any atom is 0.414 e. The van der Waals surface area contributed by atoms with Crippen LogP contribution < -0.4 is 4.74 Å². The van der Waals surface area contributed by atoms with Crippen molar-refractivity contribution in [3.8, 4) is 5.75 Å². The number of ether oxygens (including phenoxy) is 1. The molecule has 1 saturated heterocycles. The highest BCUT2D eigenvalue weighted by molar-refractivity contribution is 6.27. The van der Waals surface area contributed by atoms with Crippen LogP contribution in [0.5, 0.6) is 5.75 Å². The van der Waals surface area contributed by atoms with Crippen LogP contribution in [0, 0.1) is 40.7 Å². The average Bonchev–Trinajstić information content (AvgIpc) is 2.98. The molecular weight excluding hydrogens is 575 g/mol. The molecule has 0 radical (unpaired) electrons. The van der Waals surface area contributed by atoms with Gasteiger partial charge in [-0.05, 0) is 67.6 Å². The molecule has 4 rings (SSSR count). The number of rotatable bonds is 8. The standard InChI is InChI=1S/C27H24F7NO.C2H2O4/c28-18-7-3-16(4-8-18)21(17-5-9-19(29)10-6-17)2-1-13-35-14-11-20(12-15-35)36-27-25(33)23(31)22(30)24(32)26(27)34;3-1(4)2(5)6/h3-10,20-21H,1-2,11-15H2;(H,3,4)(H,5,6). The van der Waals surface area contributed by atoms with Crippen LogP contribution in [0.2, 0.25) is 0 Å². The van der Waals surface area contributed by atoms with Gasteiger partial charge < -0.3 is 19.8 Å². The zero-order valence-electron chi connectivity index (χ0n) is 21.9. The second kappa shape index (κ2) is 14.7. The summed E-state index contributed by atoms with van der Waals surface area (Å²) in [6, 6.07) is 12.4. The minimum absolute atomic E-state index is 0.0544. The first-order valence-corrected chi connectivity index (χ1v) is 12.8. The molecule has 1 fully saturated rings. The molecule has 0 spiro atoms. The second-order valence-electron chi connectivity index (χ2n) is 9.47. The molecule has 0 bridgehead atoms. The summed E-state index contributed by atoms with van der Waals surface area (Å²) in [7, 11) is 0. The van der Waals surface area contributed by atoms with Crippen LogP contribution in [-0.4, -0.2) is 52.8 Å². The van der Waals surface area contributed by atoms with Crippen molar-refractivity contribution in [2.75, 3.05) is 19.6 Å². The normalized spacial score (nSPS) is 13.9. The third-order valence-corrected chi connectivity index (χ3v) is 6.68. The Hall–Kier alpha value is -4.13. The molecule has 1 aliphatic rings. The van der Waals surface area contributed by atoms with E-state index in [1.165, 1.54) is 24.3 Å². The van der Waals surface area contributed by atoms with Gasteiger partial charge in [-0.25, -0.2) is 31.5 Å². The van der Waals surface area contributed by atoms with Crippen molar-refractivity contribution < 1.29 is 55.3 Å². The van der Waals surface area contributed by atoms with E-state index in [-0.39, 0.29) is 17.6 Å². The number of halogens is 7. The predicted molar refractivity (Wildman–Crippen MR) is 135 cm³/mol. The average molecular weight is 602 g/mol. The van der Waals surface area contributed by atoms with Gasteiger partial charge in [-0.2, -0.15) is 8.78 Å². The van der Waals surface area contributed by atoms with Crippen molar-refractivity contribution in [2.24, 2.45) is 0 Å². The van der Waals surface area contributed by atoms with Gasteiger partial charge in [0.25, 0.3) is 0 Å². The van der Waals surface area contributed by atoms with Crippen molar-refractivity contribution in [3.05, 3.63) is 100 Å². The zero-order chi connectivity index (χ0) is 31.0. The van der Waals surface area contributed by atoms with Crippen molar-refractivity contribution in [1.82, 2.24) is 4.90 Å². The Bertz CT molecular complexity index is 1290. The maximum absolute atomic E-state index is 13.9. The molecule has 3 aromatic rings. The Labute approximate surface area is 236 Å².